The van der Waals surface area contributed by atoms with E-state index in [1.54, 1.807) is 0 Å². The highest BCUT2D eigenvalue weighted by Gasteiger charge is 2.31. The minimum Gasteiger partial charge on any atom is -0.354 e. The topological polar surface area (TPSA) is 93.2 Å². The minimum absolute atomic E-state index is 0.0474. The molecule has 1 aliphatic heterocycles. The van der Waals surface area contributed by atoms with Crippen LogP contribution in [0.25, 0.3) is 0 Å². The summed E-state index contributed by atoms with van der Waals surface area (Å²) in [5.74, 6) is 0.451. The smallest absolute Gasteiger partial charge is 0.240 e. The fraction of sp³-hybridized carbons (Fsp3) is 0.750. The van der Waals surface area contributed by atoms with Crippen molar-refractivity contribution < 1.29 is 9.59 Å². The minimum atomic E-state index is -0.376. The van der Waals surface area contributed by atoms with Gasteiger partial charge in [-0.25, -0.2) is 0 Å². The Balaban J connectivity index is 1.55. The van der Waals surface area contributed by atoms with E-state index in [-0.39, 0.29) is 23.9 Å². The molecule has 2 amide bonds. The van der Waals surface area contributed by atoms with E-state index in [4.69, 9.17) is 5.73 Å². The van der Waals surface area contributed by atoms with Crippen LogP contribution in [0.2, 0.25) is 0 Å². The lowest BCUT2D eigenvalue weighted by Gasteiger charge is -2.33. The summed E-state index contributed by atoms with van der Waals surface area (Å²) < 4.78 is 1.96. The summed E-state index contributed by atoms with van der Waals surface area (Å²) in [7, 11) is 0. The van der Waals surface area contributed by atoms with E-state index in [2.05, 4.69) is 10.4 Å². The second-order valence-corrected chi connectivity index (χ2v) is 8.26. The molecule has 2 aliphatic rings. The number of nitrogens with one attached hydrogen (secondary N) is 1. The van der Waals surface area contributed by atoms with Crippen molar-refractivity contribution in [3.63, 3.8) is 0 Å². The normalized spacial score (nSPS) is 19.0. The molecule has 1 aliphatic carbocycles. The molecule has 0 bridgehead atoms. The highest BCUT2D eigenvalue weighted by atomic mass is 16.2. The summed E-state index contributed by atoms with van der Waals surface area (Å²) in [6.45, 7) is 5.82. The summed E-state index contributed by atoms with van der Waals surface area (Å²) in [5.41, 5.74) is 8.25. The van der Waals surface area contributed by atoms with Crippen molar-refractivity contribution in [3.8, 4) is 0 Å². The molecule has 150 valence electrons. The van der Waals surface area contributed by atoms with Crippen LogP contribution < -0.4 is 11.1 Å². The van der Waals surface area contributed by atoms with Gasteiger partial charge in [0.2, 0.25) is 11.8 Å². The van der Waals surface area contributed by atoms with Crippen LogP contribution in [-0.2, 0) is 29.1 Å². The Kier molecular flexibility index (Phi) is 6.52. The molecule has 0 aromatic carbocycles. The van der Waals surface area contributed by atoms with E-state index < -0.39 is 0 Å². The molecule has 1 fully saturated rings. The Bertz CT molecular complexity index is 663. The molecule has 7 heteroatoms. The Labute approximate surface area is 161 Å². The summed E-state index contributed by atoms with van der Waals surface area (Å²) in [6.07, 6.45) is 6.83. The van der Waals surface area contributed by atoms with Crippen LogP contribution in [0.5, 0.6) is 0 Å². The predicted octanol–water partition coefficient (Wildman–Crippen LogP) is 1.59. The van der Waals surface area contributed by atoms with Crippen molar-refractivity contribution in [2.24, 2.45) is 11.7 Å². The van der Waals surface area contributed by atoms with Crippen LogP contribution in [0.3, 0.4) is 0 Å². The summed E-state index contributed by atoms with van der Waals surface area (Å²) in [5, 5.41) is 7.50. The maximum atomic E-state index is 12.8. The molecule has 0 radical (unpaired) electrons. The molecule has 2 heterocycles. The van der Waals surface area contributed by atoms with Crippen molar-refractivity contribution in [2.45, 2.75) is 84.0 Å². The van der Waals surface area contributed by atoms with Gasteiger partial charge in [0.15, 0.2) is 0 Å². The molecule has 1 saturated carbocycles. The molecule has 3 N–H and O–H groups in total. The average Bonchev–Trinajstić information content (AvgIpc) is 3.07. The van der Waals surface area contributed by atoms with Gasteiger partial charge in [0, 0.05) is 25.4 Å². The lowest BCUT2D eigenvalue weighted by atomic mass is 9.83. The zero-order valence-corrected chi connectivity index (χ0v) is 16.6. The maximum Gasteiger partial charge on any atom is 0.240 e. The van der Waals surface area contributed by atoms with Crippen LogP contribution in [0.1, 0.15) is 63.8 Å². The van der Waals surface area contributed by atoms with Gasteiger partial charge in [-0.05, 0) is 38.7 Å². The number of nitrogens with two attached hydrogens (primary N) is 1. The molecule has 1 atom stereocenters. The Morgan fingerprint density at radius 3 is 2.70 bits per heavy atom. The quantitative estimate of drug-likeness (QED) is 0.790. The standard InChI is InChI=1S/C20H33N5O2/c1-14(2)22-18(26)9-8-16-12-17-13-24(10-11-25(17)23-16)20(27)19(21)15-6-4-3-5-7-15/h12,14-15,19H,3-11,13,21H2,1-2H3,(H,22,26)/t19-/m1/s1. The second-order valence-electron chi connectivity index (χ2n) is 8.26. The number of fused-ring (bicyclic) bond motifs is 1. The highest BCUT2D eigenvalue weighted by Crippen LogP contribution is 2.27. The number of nitrogens with zero attached hydrogens (tertiary/aromatic N) is 3. The third-order valence-electron chi connectivity index (χ3n) is 5.66. The third kappa shape index (κ3) is 5.09. The maximum absolute atomic E-state index is 12.8. The molecule has 7 nitrogen and oxygen atoms in total. The Morgan fingerprint density at radius 2 is 2.00 bits per heavy atom. The number of carbonyl (C=O) groups is 2. The first-order chi connectivity index (χ1) is 12.9. The van der Waals surface area contributed by atoms with Gasteiger partial charge in [-0.15, -0.1) is 0 Å². The van der Waals surface area contributed by atoms with Gasteiger partial charge in [-0.1, -0.05) is 19.3 Å². The molecule has 27 heavy (non-hydrogen) atoms. The number of hydrogen-bond acceptors (Lipinski definition) is 4. The van der Waals surface area contributed by atoms with Crippen LogP contribution >= 0.6 is 0 Å². The van der Waals surface area contributed by atoms with E-state index in [0.717, 1.165) is 24.2 Å². The van der Waals surface area contributed by atoms with Gasteiger partial charge in [0.1, 0.15) is 0 Å². The molecule has 3 rings (SSSR count). The van der Waals surface area contributed by atoms with Crippen molar-refractivity contribution >= 4 is 11.8 Å². The predicted molar refractivity (Wildman–Crippen MR) is 104 cm³/mol. The Hall–Kier alpha value is -1.89. The fourth-order valence-corrected chi connectivity index (χ4v) is 4.18. The Morgan fingerprint density at radius 1 is 1.26 bits per heavy atom. The van der Waals surface area contributed by atoms with Gasteiger partial charge in [0.05, 0.1) is 30.5 Å². The highest BCUT2D eigenvalue weighted by molar-refractivity contribution is 5.82. The average molecular weight is 376 g/mol. The first-order valence-corrected chi connectivity index (χ1v) is 10.3. The molecule has 0 unspecified atom stereocenters. The SMILES string of the molecule is CC(C)NC(=O)CCc1cc2n(n1)CCN(C(=O)[C@H](N)C1CCCCC1)C2. The summed E-state index contributed by atoms with van der Waals surface area (Å²) in [6, 6.07) is 1.80. The number of amides is 2. The van der Waals surface area contributed by atoms with Crippen LogP contribution in [0, 0.1) is 5.92 Å². The monoisotopic (exact) mass is 375 g/mol. The second kappa shape index (κ2) is 8.87. The van der Waals surface area contributed by atoms with Gasteiger partial charge in [-0.2, -0.15) is 5.10 Å². The van der Waals surface area contributed by atoms with Crippen molar-refractivity contribution in [1.82, 2.24) is 20.0 Å². The van der Waals surface area contributed by atoms with Gasteiger partial charge < -0.3 is 16.0 Å². The van der Waals surface area contributed by atoms with Crippen LogP contribution in [-0.4, -0.2) is 45.1 Å². The molecular weight excluding hydrogens is 342 g/mol. The summed E-state index contributed by atoms with van der Waals surface area (Å²) in [4.78, 5) is 26.6. The van der Waals surface area contributed by atoms with Crippen molar-refractivity contribution in [1.29, 1.82) is 0 Å². The molecule has 0 spiro atoms. The zero-order valence-electron chi connectivity index (χ0n) is 16.6. The molecule has 1 aromatic rings. The molecule has 0 saturated heterocycles. The van der Waals surface area contributed by atoms with E-state index >= 15 is 0 Å². The first kappa shape index (κ1) is 19.9. The lowest BCUT2D eigenvalue weighted by molar-refractivity contribution is -0.135. The van der Waals surface area contributed by atoms with Gasteiger partial charge in [0.25, 0.3) is 0 Å². The number of hydrogen-bond donors (Lipinski definition) is 2. The van der Waals surface area contributed by atoms with E-state index in [0.29, 0.717) is 38.4 Å². The summed E-state index contributed by atoms with van der Waals surface area (Å²) >= 11 is 0. The number of aryl methyl sites for hydroxylation is 1. The first-order valence-electron chi connectivity index (χ1n) is 10.3. The molecular formula is C20H33N5O2. The van der Waals surface area contributed by atoms with E-state index in [1.807, 2.05) is 29.5 Å². The van der Waals surface area contributed by atoms with Crippen molar-refractivity contribution in [2.75, 3.05) is 6.54 Å². The lowest BCUT2D eigenvalue weighted by Crippen LogP contribution is -2.50. The van der Waals surface area contributed by atoms with Crippen LogP contribution in [0.15, 0.2) is 6.07 Å². The fourth-order valence-electron chi connectivity index (χ4n) is 4.18. The number of carbonyl (C=O) groups excluding carboxylic acids is 2. The van der Waals surface area contributed by atoms with Crippen molar-refractivity contribution in [3.05, 3.63) is 17.5 Å². The molecule has 1 aromatic heterocycles. The van der Waals surface area contributed by atoms with Gasteiger partial charge in [-0.3, -0.25) is 14.3 Å². The third-order valence-corrected chi connectivity index (χ3v) is 5.66. The number of rotatable bonds is 6. The number of aromatic nitrogens is 2. The zero-order chi connectivity index (χ0) is 19.4. The largest absolute Gasteiger partial charge is 0.354 e. The van der Waals surface area contributed by atoms with Gasteiger partial charge >= 0.3 is 0 Å². The van der Waals surface area contributed by atoms with E-state index in [1.165, 1.54) is 19.3 Å². The van der Waals surface area contributed by atoms with Crippen LogP contribution in [0.4, 0.5) is 0 Å². The van der Waals surface area contributed by atoms with E-state index in [9.17, 15) is 9.59 Å².